The minimum absolute atomic E-state index is 0.0349. The molecule has 0 saturated carbocycles. The molecule has 1 aromatic rings. The molecule has 1 saturated heterocycles. The monoisotopic (exact) mass is 289 g/mol. The largest absolute Gasteiger partial charge is 0.405 e. The first kappa shape index (κ1) is 14.2. The molecule has 0 unspecified atom stereocenters. The molecule has 5 nitrogen and oxygen atoms in total. The van der Waals surface area contributed by atoms with Gasteiger partial charge in [0.05, 0.1) is 5.69 Å². The van der Waals surface area contributed by atoms with E-state index in [1.807, 2.05) is 0 Å². The molecule has 1 heterocycles. The van der Waals surface area contributed by atoms with Crippen LogP contribution in [0, 0.1) is 17.5 Å². The van der Waals surface area contributed by atoms with Crippen molar-refractivity contribution in [3.05, 3.63) is 29.6 Å². The molecule has 1 fully saturated rings. The highest BCUT2D eigenvalue weighted by Crippen LogP contribution is 2.27. The van der Waals surface area contributed by atoms with E-state index in [1.165, 1.54) is 6.92 Å². The first-order valence-corrected chi connectivity index (χ1v) is 5.73. The van der Waals surface area contributed by atoms with E-state index in [1.54, 1.807) is 0 Å². The fraction of sp³-hybridized carbons (Fsp3) is 0.333. The number of halogens is 3. The van der Waals surface area contributed by atoms with E-state index in [-0.39, 0.29) is 12.2 Å². The van der Waals surface area contributed by atoms with Gasteiger partial charge in [-0.3, -0.25) is 9.59 Å². The van der Waals surface area contributed by atoms with E-state index in [2.05, 4.69) is 0 Å². The molecule has 20 heavy (non-hydrogen) atoms. The summed E-state index contributed by atoms with van der Waals surface area (Å²) >= 11 is 0. The summed E-state index contributed by atoms with van der Waals surface area (Å²) < 4.78 is 49.3. The quantitative estimate of drug-likeness (QED) is 0.481. The van der Waals surface area contributed by atoms with Crippen LogP contribution in [0.2, 0.25) is 0 Å². The molecule has 1 aliphatic rings. The maximum absolute atomic E-state index is 13.7. The lowest BCUT2D eigenvalue weighted by atomic mass is 10.2. The van der Waals surface area contributed by atoms with Crippen LogP contribution in [-0.2, 0) is 19.1 Å². The first-order chi connectivity index (χ1) is 9.43. The van der Waals surface area contributed by atoms with Gasteiger partial charge in [-0.2, -0.15) is 0 Å². The van der Waals surface area contributed by atoms with Gasteiger partial charge in [0.1, 0.15) is 6.42 Å². The molecule has 2 rings (SSSR count). The molecule has 0 aliphatic carbocycles. The van der Waals surface area contributed by atoms with Crippen LogP contribution in [0.15, 0.2) is 12.1 Å². The standard InChI is InChI=1S/C12H10F3NO4/c1-2-16(12-19-8(17)5-9(18)20-12)7-4-3-6(13)10(14)11(7)15/h3-4,12H,2,5H2,1H3. The highest BCUT2D eigenvalue weighted by molar-refractivity contribution is 5.92. The summed E-state index contributed by atoms with van der Waals surface area (Å²) in [5.74, 6) is -6.14. The average molecular weight is 289 g/mol. The number of carbonyl (C=O) groups is 2. The number of hydrogen-bond acceptors (Lipinski definition) is 5. The third kappa shape index (κ3) is 2.54. The average Bonchev–Trinajstić information content (AvgIpc) is 2.38. The highest BCUT2D eigenvalue weighted by Gasteiger charge is 2.34. The Hall–Kier alpha value is -2.25. The highest BCUT2D eigenvalue weighted by atomic mass is 19.2. The first-order valence-electron chi connectivity index (χ1n) is 5.73. The van der Waals surface area contributed by atoms with Crippen molar-refractivity contribution in [2.24, 2.45) is 0 Å². The number of cyclic esters (lactones) is 2. The number of hydrogen-bond donors (Lipinski definition) is 0. The van der Waals surface area contributed by atoms with Crippen LogP contribution in [-0.4, -0.2) is 24.9 Å². The van der Waals surface area contributed by atoms with Crippen LogP contribution < -0.4 is 4.90 Å². The minimum atomic E-state index is -1.66. The predicted molar refractivity (Wildman–Crippen MR) is 59.9 cm³/mol. The second-order valence-electron chi connectivity index (χ2n) is 3.94. The molecule has 0 bridgehead atoms. The Morgan fingerprint density at radius 1 is 1.15 bits per heavy atom. The van der Waals surface area contributed by atoms with Gasteiger partial charge in [0, 0.05) is 6.54 Å². The Morgan fingerprint density at radius 3 is 2.30 bits per heavy atom. The maximum Gasteiger partial charge on any atom is 0.332 e. The Kier molecular flexibility index (Phi) is 3.82. The topological polar surface area (TPSA) is 55.8 Å². The predicted octanol–water partition coefficient (Wildman–Crippen LogP) is 1.70. The Bertz CT molecular complexity index is 548. The smallest absolute Gasteiger partial charge is 0.332 e. The summed E-state index contributed by atoms with van der Waals surface area (Å²) in [7, 11) is 0. The van der Waals surface area contributed by atoms with Crippen molar-refractivity contribution in [3.8, 4) is 0 Å². The number of anilines is 1. The Morgan fingerprint density at radius 2 is 1.75 bits per heavy atom. The third-order valence-electron chi connectivity index (χ3n) is 2.67. The van der Waals surface area contributed by atoms with Crippen molar-refractivity contribution in [2.45, 2.75) is 19.8 Å². The van der Waals surface area contributed by atoms with E-state index in [9.17, 15) is 22.8 Å². The Balaban J connectivity index is 2.35. The van der Waals surface area contributed by atoms with Gasteiger partial charge in [-0.25, -0.2) is 13.2 Å². The number of ether oxygens (including phenoxy) is 2. The fourth-order valence-corrected chi connectivity index (χ4v) is 1.75. The number of rotatable bonds is 3. The minimum Gasteiger partial charge on any atom is -0.405 e. The van der Waals surface area contributed by atoms with Gasteiger partial charge in [-0.1, -0.05) is 0 Å². The molecule has 1 aliphatic heterocycles. The maximum atomic E-state index is 13.7. The summed E-state index contributed by atoms with van der Waals surface area (Å²) in [5, 5.41) is 0. The summed E-state index contributed by atoms with van der Waals surface area (Å²) in [6, 6.07) is 1.69. The molecule has 0 radical (unpaired) electrons. The molecule has 8 heteroatoms. The van der Waals surface area contributed by atoms with Gasteiger partial charge in [0.15, 0.2) is 17.5 Å². The van der Waals surface area contributed by atoms with Crippen LogP contribution in [0.5, 0.6) is 0 Å². The number of nitrogens with zero attached hydrogens (tertiary/aromatic N) is 1. The summed E-state index contributed by atoms with van der Waals surface area (Å²) in [6.45, 7) is 1.57. The number of benzene rings is 1. The second-order valence-corrected chi connectivity index (χ2v) is 3.94. The van der Waals surface area contributed by atoms with Crippen molar-refractivity contribution >= 4 is 17.6 Å². The van der Waals surface area contributed by atoms with Gasteiger partial charge < -0.3 is 14.4 Å². The van der Waals surface area contributed by atoms with Gasteiger partial charge in [-0.15, -0.1) is 0 Å². The molecule has 0 aromatic heterocycles. The van der Waals surface area contributed by atoms with Gasteiger partial charge in [0.2, 0.25) is 0 Å². The molecular weight excluding hydrogens is 279 g/mol. The lowest BCUT2D eigenvalue weighted by Gasteiger charge is -2.33. The van der Waals surface area contributed by atoms with Crippen LogP contribution in [0.4, 0.5) is 18.9 Å². The normalized spacial score (nSPS) is 15.8. The second kappa shape index (κ2) is 5.40. The van der Waals surface area contributed by atoms with E-state index >= 15 is 0 Å². The zero-order chi connectivity index (χ0) is 14.9. The molecule has 0 atom stereocenters. The molecule has 0 spiro atoms. The van der Waals surface area contributed by atoms with Crippen LogP contribution in [0.1, 0.15) is 13.3 Å². The molecular formula is C12H10F3NO4. The third-order valence-corrected chi connectivity index (χ3v) is 2.67. The molecule has 0 amide bonds. The number of carbonyl (C=O) groups excluding carboxylic acids is 2. The van der Waals surface area contributed by atoms with Crippen molar-refractivity contribution in [1.29, 1.82) is 0 Å². The summed E-state index contributed by atoms with van der Waals surface area (Å²) in [6.07, 6.45) is -2.05. The van der Waals surface area contributed by atoms with Crippen molar-refractivity contribution < 1.29 is 32.2 Å². The van der Waals surface area contributed by atoms with E-state index in [0.29, 0.717) is 0 Å². The van der Waals surface area contributed by atoms with E-state index < -0.39 is 42.2 Å². The molecule has 1 aromatic carbocycles. The van der Waals surface area contributed by atoms with E-state index in [0.717, 1.165) is 17.0 Å². The van der Waals surface area contributed by atoms with Gasteiger partial charge >= 0.3 is 18.4 Å². The zero-order valence-electron chi connectivity index (χ0n) is 10.4. The van der Waals surface area contributed by atoms with Crippen molar-refractivity contribution in [3.63, 3.8) is 0 Å². The van der Waals surface area contributed by atoms with Gasteiger partial charge in [-0.05, 0) is 19.1 Å². The van der Waals surface area contributed by atoms with Crippen molar-refractivity contribution in [1.82, 2.24) is 0 Å². The van der Waals surface area contributed by atoms with Crippen LogP contribution >= 0.6 is 0 Å². The Labute approximate surface area is 111 Å². The van der Waals surface area contributed by atoms with Crippen LogP contribution in [0.25, 0.3) is 0 Å². The zero-order valence-corrected chi connectivity index (χ0v) is 10.4. The summed E-state index contributed by atoms with van der Waals surface area (Å²) in [5.41, 5.74) is -0.376. The summed E-state index contributed by atoms with van der Waals surface area (Å²) in [4.78, 5) is 23.3. The lowest BCUT2D eigenvalue weighted by Crippen LogP contribution is -2.46. The fourth-order valence-electron chi connectivity index (χ4n) is 1.75. The SMILES string of the molecule is CCN(c1ccc(F)c(F)c1F)C1OC(=O)CC(=O)O1. The van der Waals surface area contributed by atoms with Crippen molar-refractivity contribution in [2.75, 3.05) is 11.4 Å². The number of esters is 2. The molecule has 0 N–H and O–H groups in total. The van der Waals surface area contributed by atoms with Crippen LogP contribution in [0.3, 0.4) is 0 Å². The van der Waals surface area contributed by atoms with E-state index in [4.69, 9.17) is 9.47 Å². The lowest BCUT2D eigenvalue weighted by molar-refractivity contribution is -0.202. The van der Waals surface area contributed by atoms with Gasteiger partial charge in [0.25, 0.3) is 0 Å². The molecule has 108 valence electrons.